The summed E-state index contributed by atoms with van der Waals surface area (Å²) < 4.78 is 5.61. The van der Waals surface area contributed by atoms with E-state index in [4.69, 9.17) is 9.41 Å². The van der Waals surface area contributed by atoms with E-state index in [0.717, 1.165) is 23.2 Å². The molecule has 2 rings (SSSR count). The first-order valence-corrected chi connectivity index (χ1v) is 8.49. The molecule has 0 saturated carbocycles. The second-order valence-electron chi connectivity index (χ2n) is 5.85. The van der Waals surface area contributed by atoms with Crippen LogP contribution in [-0.2, 0) is 0 Å². The van der Waals surface area contributed by atoms with Crippen molar-refractivity contribution < 1.29 is 4.42 Å². The molecular weight excluding hydrogens is 268 g/mol. The van der Waals surface area contributed by atoms with E-state index in [-0.39, 0.29) is 6.04 Å². The molecule has 0 bridgehead atoms. The van der Waals surface area contributed by atoms with Gasteiger partial charge in [0.15, 0.2) is 5.17 Å². The Bertz CT molecular complexity index is 489. The Morgan fingerprint density at radius 1 is 1.40 bits per heavy atom. The number of thioether (sulfide) groups is 1. The molecule has 0 saturated heterocycles. The van der Waals surface area contributed by atoms with E-state index in [1.54, 1.807) is 0 Å². The summed E-state index contributed by atoms with van der Waals surface area (Å²) in [5, 5.41) is 4.61. The van der Waals surface area contributed by atoms with Gasteiger partial charge in [-0.05, 0) is 45.1 Å². The molecule has 20 heavy (non-hydrogen) atoms. The van der Waals surface area contributed by atoms with E-state index >= 15 is 0 Å². The van der Waals surface area contributed by atoms with Crippen molar-refractivity contribution in [3.05, 3.63) is 23.2 Å². The summed E-state index contributed by atoms with van der Waals surface area (Å²) in [4.78, 5) is 4.76. The summed E-state index contributed by atoms with van der Waals surface area (Å²) in [6.07, 6.45) is 2.42. The highest BCUT2D eigenvalue weighted by molar-refractivity contribution is 8.13. The molecular formula is C16H26N2OS. The van der Waals surface area contributed by atoms with E-state index in [2.05, 4.69) is 32.2 Å². The first-order chi connectivity index (χ1) is 9.49. The van der Waals surface area contributed by atoms with Crippen LogP contribution in [0.25, 0.3) is 0 Å². The summed E-state index contributed by atoms with van der Waals surface area (Å²) in [6.45, 7) is 11.7. The van der Waals surface area contributed by atoms with E-state index in [1.165, 1.54) is 24.2 Å². The van der Waals surface area contributed by atoms with E-state index in [0.29, 0.717) is 5.41 Å². The molecule has 1 aromatic heterocycles. The number of aryl methyl sites for hydroxylation is 2. The van der Waals surface area contributed by atoms with Gasteiger partial charge in [-0.15, -0.1) is 0 Å². The van der Waals surface area contributed by atoms with Gasteiger partial charge in [-0.25, -0.2) is 0 Å². The molecule has 112 valence electrons. The van der Waals surface area contributed by atoms with Crippen LogP contribution in [0.15, 0.2) is 15.5 Å². The van der Waals surface area contributed by atoms with Crippen molar-refractivity contribution in [2.24, 2.45) is 10.4 Å². The Hall–Kier alpha value is -0.900. The van der Waals surface area contributed by atoms with Gasteiger partial charge < -0.3 is 9.73 Å². The second-order valence-corrected chi connectivity index (χ2v) is 6.82. The van der Waals surface area contributed by atoms with Crippen molar-refractivity contribution in [2.75, 3.05) is 12.3 Å². The molecule has 4 heteroatoms. The summed E-state index contributed by atoms with van der Waals surface area (Å²) >= 11 is 1.86. The molecule has 2 heterocycles. The predicted octanol–water partition coefficient (Wildman–Crippen LogP) is 4.46. The minimum Gasteiger partial charge on any atom is -0.466 e. The molecule has 3 nitrogen and oxygen atoms in total. The van der Waals surface area contributed by atoms with Gasteiger partial charge in [0.1, 0.15) is 11.5 Å². The summed E-state index contributed by atoms with van der Waals surface area (Å²) in [7, 11) is 0. The maximum atomic E-state index is 5.61. The van der Waals surface area contributed by atoms with Crippen LogP contribution in [0.2, 0.25) is 0 Å². The second kappa shape index (κ2) is 6.25. The van der Waals surface area contributed by atoms with Gasteiger partial charge in [0.25, 0.3) is 0 Å². The monoisotopic (exact) mass is 294 g/mol. The molecule has 0 fully saturated rings. The van der Waals surface area contributed by atoms with Crippen LogP contribution in [0.5, 0.6) is 0 Å². The highest BCUT2D eigenvalue weighted by Gasteiger charge is 2.30. The maximum Gasteiger partial charge on any atom is 0.157 e. The third-order valence-corrected chi connectivity index (χ3v) is 5.74. The van der Waals surface area contributed by atoms with Crippen molar-refractivity contribution in [3.8, 4) is 0 Å². The summed E-state index contributed by atoms with van der Waals surface area (Å²) in [5.74, 6) is 3.14. The SMILES string of the molecule is CCC1(CC)CN=C(NC(C)c2cc(C)oc2C)SC1. The molecule has 0 spiro atoms. The molecule has 1 aliphatic heterocycles. The minimum atomic E-state index is 0.245. The van der Waals surface area contributed by atoms with Crippen molar-refractivity contribution in [3.63, 3.8) is 0 Å². The predicted molar refractivity (Wildman–Crippen MR) is 87.5 cm³/mol. The van der Waals surface area contributed by atoms with Crippen LogP contribution in [-0.4, -0.2) is 17.5 Å². The third-order valence-electron chi connectivity index (χ3n) is 4.46. The van der Waals surface area contributed by atoms with Crippen molar-refractivity contribution in [1.82, 2.24) is 5.32 Å². The molecule has 1 unspecified atom stereocenters. The average molecular weight is 294 g/mol. The molecule has 1 N–H and O–H groups in total. The topological polar surface area (TPSA) is 37.5 Å². The van der Waals surface area contributed by atoms with E-state index < -0.39 is 0 Å². The lowest BCUT2D eigenvalue weighted by Crippen LogP contribution is -2.35. The van der Waals surface area contributed by atoms with Crippen LogP contribution in [0.3, 0.4) is 0 Å². The van der Waals surface area contributed by atoms with Crippen molar-refractivity contribution in [2.45, 2.75) is 53.5 Å². The lowest BCUT2D eigenvalue weighted by Gasteiger charge is -2.34. The number of nitrogens with zero attached hydrogens (tertiary/aromatic N) is 1. The molecule has 1 aromatic rings. The molecule has 0 amide bonds. The summed E-state index contributed by atoms with van der Waals surface area (Å²) in [6, 6.07) is 2.36. The normalized spacial score (nSPS) is 19.6. The van der Waals surface area contributed by atoms with Gasteiger partial charge in [0.2, 0.25) is 0 Å². The standard InChI is InChI=1S/C16H26N2OS/c1-6-16(7-2)9-17-15(20-10-16)18-12(4)14-8-11(3)19-13(14)5/h8,12H,6-7,9-10H2,1-5H3,(H,17,18). The highest BCUT2D eigenvalue weighted by atomic mass is 32.2. The Morgan fingerprint density at radius 2 is 2.10 bits per heavy atom. The molecule has 0 aromatic carbocycles. The minimum absolute atomic E-state index is 0.245. The van der Waals surface area contributed by atoms with Crippen LogP contribution >= 0.6 is 11.8 Å². The highest BCUT2D eigenvalue weighted by Crippen LogP contribution is 2.35. The van der Waals surface area contributed by atoms with Gasteiger partial charge >= 0.3 is 0 Å². The fourth-order valence-electron chi connectivity index (χ4n) is 2.66. The average Bonchev–Trinajstić information content (AvgIpc) is 2.79. The quantitative estimate of drug-likeness (QED) is 0.891. The lowest BCUT2D eigenvalue weighted by atomic mass is 9.84. The van der Waals surface area contributed by atoms with Gasteiger partial charge in [-0.3, -0.25) is 4.99 Å². The van der Waals surface area contributed by atoms with Crippen molar-refractivity contribution >= 4 is 16.9 Å². The number of hydrogen-bond donors (Lipinski definition) is 1. The summed E-state index contributed by atoms with van der Waals surface area (Å²) in [5.41, 5.74) is 1.63. The largest absolute Gasteiger partial charge is 0.466 e. The molecule has 1 aliphatic rings. The molecule has 0 radical (unpaired) electrons. The first kappa shape index (κ1) is 15.5. The van der Waals surface area contributed by atoms with Crippen molar-refractivity contribution in [1.29, 1.82) is 0 Å². The van der Waals surface area contributed by atoms with Gasteiger partial charge in [0.05, 0.1) is 6.04 Å². The first-order valence-electron chi connectivity index (χ1n) is 7.50. The van der Waals surface area contributed by atoms with Crippen LogP contribution in [0.4, 0.5) is 0 Å². The zero-order valence-corrected chi connectivity index (χ0v) is 14.1. The molecule has 0 aliphatic carbocycles. The van der Waals surface area contributed by atoms with Crippen LogP contribution < -0.4 is 5.32 Å². The van der Waals surface area contributed by atoms with Gasteiger partial charge in [-0.2, -0.15) is 0 Å². The maximum absolute atomic E-state index is 5.61. The fraction of sp³-hybridized carbons (Fsp3) is 0.688. The third kappa shape index (κ3) is 3.22. The lowest BCUT2D eigenvalue weighted by molar-refractivity contribution is 0.318. The number of furan rings is 1. The Kier molecular flexibility index (Phi) is 4.84. The Labute approximate surface area is 126 Å². The van der Waals surface area contributed by atoms with Crippen LogP contribution in [0, 0.1) is 19.3 Å². The smallest absolute Gasteiger partial charge is 0.157 e. The number of aliphatic imine (C=N–C) groups is 1. The zero-order valence-electron chi connectivity index (χ0n) is 13.2. The Morgan fingerprint density at radius 3 is 2.55 bits per heavy atom. The van der Waals surface area contributed by atoms with Gasteiger partial charge in [-0.1, -0.05) is 25.6 Å². The number of rotatable bonds is 4. The van der Waals surface area contributed by atoms with E-state index in [9.17, 15) is 0 Å². The zero-order chi connectivity index (χ0) is 14.8. The number of amidine groups is 1. The van der Waals surface area contributed by atoms with Gasteiger partial charge in [0, 0.05) is 17.9 Å². The van der Waals surface area contributed by atoms with Crippen LogP contribution in [0.1, 0.15) is 56.7 Å². The molecule has 1 atom stereocenters. The number of nitrogens with one attached hydrogen (secondary N) is 1. The fourth-order valence-corrected chi connectivity index (χ4v) is 4.02. The Balaban J connectivity index is 2.01. The number of hydrogen-bond acceptors (Lipinski definition) is 4. The van der Waals surface area contributed by atoms with E-state index in [1.807, 2.05) is 25.6 Å².